The second-order valence-corrected chi connectivity index (χ2v) is 4.90. The first-order valence-electron chi connectivity index (χ1n) is 5.86. The summed E-state index contributed by atoms with van der Waals surface area (Å²) in [5, 5.41) is 0.605. The summed E-state index contributed by atoms with van der Waals surface area (Å²) in [6.07, 6.45) is 0.814. The molecule has 0 radical (unpaired) electrons. The first-order chi connectivity index (χ1) is 9.61. The molecule has 2 heterocycles. The molecule has 2 aromatic rings. The van der Waals surface area contributed by atoms with Gasteiger partial charge in [-0.3, -0.25) is 10.2 Å². The zero-order valence-corrected chi connectivity index (χ0v) is 11.7. The van der Waals surface area contributed by atoms with Gasteiger partial charge < -0.3 is 9.15 Å². The van der Waals surface area contributed by atoms with Gasteiger partial charge in [0.25, 0.3) is 5.91 Å². The maximum absolute atomic E-state index is 11.9. The fourth-order valence-corrected chi connectivity index (χ4v) is 2.33. The van der Waals surface area contributed by atoms with Gasteiger partial charge in [-0.15, -0.1) is 11.3 Å². The lowest BCUT2D eigenvalue weighted by atomic mass is 10.3. The van der Waals surface area contributed by atoms with Crippen LogP contribution in [0.4, 0.5) is 4.79 Å². The molecule has 7 nitrogen and oxygen atoms in total. The van der Waals surface area contributed by atoms with Crippen LogP contribution in [-0.4, -0.2) is 23.6 Å². The Morgan fingerprint density at radius 2 is 2.25 bits per heavy atom. The Morgan fingerprint density at radius 1 is 1.45 bits per heavy atom. The number of aryl methyl sites for hydroxylation is 1. The number of carbonyl (C=O) groups excluding carboxylic acids is 2. The number of hydrogen-bond donors (Lipinski definition) is 2. The average Bonchev–Trinajstić information content (AvgIpc) is 3.05. The van der Waals surface area contributed by atoms with E-state index >= 15 is 0 Å². The van der Waals surface area contributed by atoms with Gasteiger partial charge in [-0.1, -0.05) is 0 Å². The lowest BCUT2D eigenvalue weighted by Gasteiger charge is -2.05. The van der Waals surface area contributed by atoms with Crippen molar-refractivity contribution in [2.45, 2.75) is 13.8 Å². The minimum absolute atomic E-state index is 0.222. The third-order valence-electron chi connectivity index (χ3n) is 2.30. The van der Waals surface area contributed by atoms with Crippen LogP contribution >= 0.6 is 11.3 Å². The van der Waals surface area contributed by atoms with Gasteiger partial charge >= 0.3 is 6.09 Å². The van der Waals surface area contributed by atoms with Crippen molar-refractivity contribution in [3.8, 4) is 10.8 Å². The Kier molecular flexibility index (Phi) is 4.36. The molecule has 106 valence electrons. The van der Waals surface area contributed by atoms with Gasteiger partial charge in [-0.05, 0) is 26.0 Å². The highest BCUT2D eigenvalue weighted by Gasteiger charge is 2.18. The largest absolute Gasteiger partial charge is 0.462 e. The maximum atomic E-state index is 11.9. The number of nitrogens with zero attached hydrogens (tertiary/aromatic N) is 1. The van der Waals surface area contributed by atoms with E-state index < -0.39 is 12.0 Å². The first kappa shape index (κ1) is 14.1. The monoisotopic (exact) mass is 295 g/mol. The van der Waals surface area contributed by atoms with Gasteiger partial charge in [0.05, 0.1) is 12.9 Å². The maximum Gasteiger partial charge on any atom is 0.426 e. The molecule has 0 fully saturated rings. The number of aromatic nitrogens is 1. The third-order valence-corrected chi connectivity index (χ3v) is 3.28. The molecule has 8 heteroatoms. The van der Waals surface area contributed by atoms with Crippen LogP contribution in [-0.2, 0) is 4.74 Å². The molecule has 0 spiro atoms. The molecular weight excluding hydrogens is 282 g/mol. The summed E-state index contributed by atoms with van der Waals surface area (Å²) in [4.78, 5) is 27.9. The van der Waals surface area contributed by atoms with Gasteiger partial charge in [0.2, 0.25) is 0 Å². The van der Waals surface area contributed by atoms with Gasteiger partial charge in [0.15, 0.2) is 10.8 Å². The summed E-state index contributed by atoms with van der Waals surface area (Å²) in [6.45, 7) is 3.66. The predicted octanol–water partition coefficient (Wildman–Crippen LogP) is 2.10. The minimum atomic E-state index is -0.722. The fraction of sp³-hybridized carbons (Fsp3) is 0.250. The van der Waals surface area contributed by atoms with Crippen LogP contribution in [0.5, 0.6) is 0 Å². The Bertz CT molecular complexity index is 606. The molecule has 20 heavy (non-hydrogen) atoms. The van der Waals surface area contributed by atoms with Crippen LogP contribution in [0.3, 0.4) is 0 Å². The minimum Gasteiger partial charge on any atom is -0.462 e. The van der Waals surface area contributed by atoms with Crippen LogP contribution in [0.25, 0.3) is 10.8 Å². The highest BCUT2D eigenvalue weighted by molar-refractivity contribution is 7.15. The number of hydrazine groups is 1. The van der Waals surface area contributed by atoms with Gasteiger partial charge in [0, 0.05) is 4.88 Å². The van der Waals surface area contributed by atoms with E-state index in [1.165, 1.54) is 17.6 Å². The number of nitrogens with one attached hydrogen (secondary N) is 2. The molecule has 0 unspecified atom stereocenters. The van der Waals surface area contributed by atoms with Crippen molar-refractivity contribution in [2.24, 2.45) is 0 Å². The number of hydrogen-bond acceptors (Lipinski definition) is 6. The third kappa shape index (κ3) is 3.15. The SMILES string of the molecule is CCOC(=O)NNC(=O)c1nc(-c2ccco2)sc1C. The van der Waals surface area contributed by atoms with Crippen molar-refractivity contribution in [1.82, 2.24) is 15.8 Å². The number of furan rings is 1. The lowest BCUT2D eigenvalue weighted by Crippen LogP contribution is -2.42. The smallest absolute Gasteiger partial charge is 0.426 e. The standard InChI is InChI=1S/C12H13N3O4S/c1-3-18-12(17)15-14-10(16)9-7(2)20-11(13-9)8-5-4-6-19-8/h4-6H,3H2,1-2H3,(H,14,16)(H,15,17). The van der Waals surface area contributed by atoms with E-state index in [1.807, 2.05) is 0 Å². The zero-order valence-electron chi connectivity index (χ0n) is 10.9. The van der Waals surface area contributed by atoms with E-state index in [0.717, 1.165) is 4.88 Å². The van der Waals surface area contributed by atoms with E-state index in [4.69, 9.17) is 4.42 Å². The normalized spacial score (nSPS) is 10.1. The van der Waals surface area contributed by atoms with Crippen LogP contribution < -0.4 is 10.9 Å². The molecule has 0 saturated carbocycles. The zero-order chi connectivity index (χ0) is 14.5. The highest BCUT2D eigenvalue weighted by atomic mass is 32.1. The molecule has 2 aromatic heterocycles. The van der Waals surface area contributed by atoms with Crippen molar-refractivity contribution in [3.63, 3.8) is 0 Å². The van der Waals surface area contributed by atoms with Crippen molar-refractivity contribution in [2.75, 3.05) is 6.61 Å². The lowest BCUT2D eigenvalue weighted by molar-refractivity contribution is 0.0908. The molecule has 0 atom stereocenters. The van der Waals surface area contributed by atoms with E-state index in [0.29, 0.717) is 10.8 Å². The van der Waals surface area contributed by atoms with Gasteiger partial charge in [0.1, 0.15) is 5.69 Å². The van der Waals surface area contributed by atoms with E-state index in [1.54, 1.807) is 26.0 Å². The van der Waals surface area contributed by atoms with Crippen molar-refractivity contribution < 1.29 is 18.7 Å². The van der Waals surface area contributed by atoms with Crippen LogP contribution in [0.15, 0.2) is 22.8 Å². The number of amides is 2. The fourth-order valence-electron chi connectivity index (χ4n) is 1.45. The molecule has 0 aromatic carbocycles. The first-order valence-corrected chi connectivity index (χ1v) is 6.68. The molecule has 0 saturated heterocycles. The van der Waals surface area contributed by atoms with Crippen LogP contribution in [0.2, 0.25) is 0 Å². The topological polar surface area (TPSA) is 93.5 Å². The average molecular weight is 295 g/mol. The van der Waals surface area contributed by atoms with E-state index in [2.05, 4.69) is 20.6 Å². The number of carbonyl (C=O) groups is 2. The van der Waals surface area contributed by atoms with Crippen LogP contribution in [0.1, 0.15) is 22.3 Å². The summed E-state index contributed by atoms with van der Waals surface area (Å²) < 4.78 is 9.85. The van der Waals surface area contributed by atoms with Crippen LogP contribution in [0, 0.1) is 6.92 Å². The van der Waals surface area contributed by atoms with Gasteiger partial charge in [-0.25, -0.2) is 15.2 Å². The second kappa shape index (κ2) is 6.20. The molecule has 0 aliphatic carbocycles. The molecule has 0 aliphatic heterocycles. The van der Waals surface area contributed by atoms with Crippen molar-refractivity contribution in [3.05, 3.63) is 29.0 Å². The summed E-state index contributed by atoms with van der Waals surface area (Å²) in [5.41, 5.74) is 4.60. The molecular formula is C12H13N3O4S. The molecule has 2 amide bonds. The Balaban J connectivity index is 2.05. The van der Waals surface area contributed by atoms with Crippen molar-refractivity contribution >= 4 is 23.3 Å². The molecule has 2 N–H and O–H groups in total. The molecule has 0 aliphatic rings. The summed E-state index contributed by atoms with van der Waals surface area (Å²) >= 11 is 1.34. The molecule has 0 bridgehead atoms. The highest BCUT2D eigenvalue weighted by Crippen LogP contribution is 2.27. The van der Waals surface area contributed by atoms with E-state index in [-0.39, 0.29) is 12.3 Å². The molecule has 2 rings (SSSR count). The predicted molar refractivity (Wildman–Crippen MR) is 72.2 cm³/mol. The quantitative estimate of drug-likeness (QED) is 0.846. The summed E-state index contributed by atoms with van der Waals surface area (Å²) in [5.74, 6) is 0.0834. The number of rotatable bonds is 3. The summed E-state index contributed by atoms with van der Waals surface area (Å²) in [6, 6.07) is 3.50. The number of thiazole rings is 1. The Labute approximate surface area is 118 Å². The van der Waals surface area contributed by atoms with E-state index in [9.17, 15) is 9.59 Å². The van der Waals surface area contributed by atoms with Gasteiger partial charge in [-0.2, -0.15) is 0 Å². The second-order valence-electron chi connectivity index (χ2n) is 3.70. The Morgan fingerprint density at radius 3 is 2.90 bits per heavy atom. The Hall–Kier alpha value is -2.35. The van der Waals surface area contributed by atoms with Crippen molar-refractivity contribution in [1.29, 1.82) is 0 Å². The number of ether oxygens (including phenoxy) is 1. The summed E-state index contributed by atoms with van der Waals surface area (Å²) in [7, 11) is 0.